The minimum atomic E-state index is -0.111. The van der Waals surface area contributed by atoms with Gasteiger partial charge >= 0.3 is 0 Å². The number of hydrogen-bond acceptors (Lipinski definition) is 3. The lowest BCUT2D eigenvalue weighted by molar-refractivity contribution is 0.439. The second-order valence-electron chi connectivity index (χ2n) is 12.6. The Labute approximate surface area is 268 Å². The van der Waals surface area contributed by atoms with Gasteiger partial charge in [0.05, 0.1) is 16.8 Å². The summed E-state index contributed by atoms with van der Waals surface area (Å²) < 4.78 is 13.1. The largest absolute Gasteiger partial charge is 0.453 e. The van der Waals surface area contributed by atoms with Crippen molar-refractivity contribution in [3.05, 3.63) is 163 Å². The minimum Gasteiger partial charge on any atom is -0.453 e. The van der Waals surface area contributed by atoms with Gasteiger partial charge in [-0.1, -0.05) is 117 Å². The van der Waals surface area contributed by atoms with Crippen LogP contribution >= 0.6 is 0 Å². The van der Waals surface area contributed by atoms with Gasteiger partial charge in [0.1, 0.15) is 11.5 Å². The highest BCUT2D eigenvalue weighted by Gasteiger charge is 2.37. The van der Waals surface area contributed by atoms with Gasteiger partial charge in [0.2, 0.25) is 0 Å². The topological polar surface area (TPSA) is 21.7 Å². The van der Waals surface area contributed by atoms with Crippen LogP contribution in [0.4, 0.5) is 17.1 Å². The van der Waals surface area contributed by atoms with Crippen LogP contribution in [-0.4, -0.2) is 0 Å². The highest BCUT2D eigenvalue weighted by atomic mass is 16.5. The number of fused-ring (bicyclic) bond motifs is 4. The van der Waals surface area contributed by atoms with Crippen LogP contribution < -0.4 is 14.4 Å². The van der Waals surface area contributed by atoms with E-state index in [9.17, 15) is 0 Å². The summed E-state index contributed by atoms with van der Waals surface area (Å²) in [4.78, 5) is 2.36. The predicted octanol–water partition coefficient (Wildman–Crippen LogP) is 12.2. The van der Waals surface area contributed by atoms with E-state index in [1.165, 1.54) is 33.4 Å². The second kappa shape index (κ2) is 10.1. The molecule has 0 radical (unpaired) electrons. The predicted molar refractivity (Wildman–Crippen MR) is 188 cm³/mol. The summed E-state index contributed by atoms with van der Waals surface area (Å²) in [6.07, 6.45) is 0. The highest BCUT2D eigenvalue weighted by molar-refractivity contribution is 5.97. The van der Waals surface area contributed by atoms with Gasteiger partial charge in [-0.05, 0) is 75.7 Å². The molecular weight excluding hydrogens is 562 g/mol. The molecular formula is C43H31NO2. The standard InChI is InChI=1S/C43H31NO2/c1-43(2)34-16-7-6-15-33(34)42-35(43)17-10-18-36(42)44(31-23-21-29(22-24-31)28-11-4-3-5-12-28)32-25-26-37-40(27-32)46-39-20-9-14-30-13-8-19-38(45-37)41(30)39/h3-27H,1-2H3. The molecule has 1 aliphatic carbocycles. The Hall–Kier alpha value is -5.80. The Morgan fingerprint density at radius 2 is 1.11 bits per heavy atom. The molecule has 0 saturated heterocycles. The first kappa shape index (κ1) is 26.6. The minimum absolute atomic E-state index is 0.111. The summed E-state index contributed by atoms with van der Waals surface area (Å²) in [5, 5.41) is 2.07. The Bertz CT molecular complexity index is 2280. The van der Waals surface area contributed by atoms with Gasteiger partial charge in [0.25, 0.3) is 0 Å². The second-order valence-corrected chi connectivity index (χ2v) is 12.6. The molecule has 0 atom stereocenters. The Balaban J connectivity index is 1.24. The van der Waals surface area contributed by atoms with E-state index >= 15 is 0 Å². The molecule has 1 heterocycles. The quantitative estimate of drug-likeness (QED) is 0.203. The lowest BCUT2D eigenvalue weighted by Crippen LogP contribution is -2.16. The fraction of sp³-hybridized carbons (Fsp3) is 0.0698. The third-order valence-corrected chi connectivity index (χ3v) is 9.51. The van der Waals surface area contributed by atoms with Gasteiger partial charge in [0, 0.05) is 22.7 Å². The van der Waals surface area contributed by atoms with Crippen LogP contribution in [0.15, 0.2) is 152 Å². The molecule has 0 saturated carbocycles. The normalized spacial score (nSPS) is 13.5. The molecule has 0 fully saturated rings. The van der Waals surface area contributed by atoms with Crippen molar-refractivity contribution < 1.29 is 9.47 Å². The Morgan fingerprint density at radius 3 is 1.89 bits per heavy atom. The average molecular weight is 594 g/mol. The van der Waals surface area contributed by atoms with E-state index in [4.69, 9.17) is 9.47 Å². The molecule has 3 heteroatoms. The molecule has 1 aliphatic heterocycles. The molecule has 0 spiro atoms. The molecule has 0 amide bonds. The van der Waals surface area contributed by atoms with Crippen molar-refractivity contribution in [3.8, 4) is 45.3 Å². The summed E-state index contributed by atoms with van der Waals surface area (Å²) in [6, 6.07) is 53.4. The molecule has 9 rings (SSSR count). The molecule has 3 nitrogen and oxygen atoms in total. The Kier molecular flexibility index (Phi) is 5.85. The fourth-order valence-electron chi connectivity index (χ4n) is 7.26. The Morgan fingerprint density at radius 1 is 0.478 bits per heavy atom. The number of ether oxygens (including phenoxy) is 2. The van der Waals surface area contributed by atoms with E-state index in [0.717, 1.165) is 39.3 Å². The van der Waals surface area contributed by atoms with Crippen molar-refractivity contribution in [1.29, 1.82) is 0 Å². The zero-order chi connectivity index (χ0) is 30.8. The van der Waals surface area contributed by atoms with Gasteiger partial charge in [-0.2, -0.15) is 0 Å². The fourth-order valence-corrected chi connectivity index (χ4v) is 7.26. The first-order valence-corrected chi connectivity index (χ1v) is 15.8. The zero-order valence-electron chi connectivity index (χ0n) is 25.7. The maximum atomic E-state index is 6.64. The van der Waals surface area contributed by atoms with E-state index in [1.54, 1.807) is 0 Å². The first-order valence-electron chi connectivity index (χ1n) is 15.8. The van der Waals surface area contributed by atoms with Gasteiger partial charge in [-0.3, -0.25) is 0 Å². The van der Waals surface area contributed by atoms with Crippen LogP contribution in [0.25, 0.3) is 33.0 Å². The lowest BCUT2D eigenvalue weighted by Gasteiger charge is -2.29. The van der Waals surface area contributed by atoms with Crippen molar-refractivity contribution in [3.63, 3.8) is 0 Å². The van der Waals surface area contributed by atoms with Crippen molar-refractivity contribution >= 4 is 27.8 Å². The smallest absolute Gasteiger partial charge is 0.172 e. The summed E-state index contributed by atoms with van der Waals surface area (Å²) in [7, 11) is 0. The van der Waals surface area contributed by atoms with Crippen LogP contribution in [0, 0.1) is 0 Å². The molecule has 0 aromatic heterocycles. The third-order valence-electron chi connectivity index (χ3n) is 9.51. The van der Waals surface area contributed by atoms with E-state index in [-0.39, 0.29) is 5.41 Å². The number of benzene rings is 7. The van der Waals surface area contributed by atoms with Crippen LogP contribution in [-0.2, 0) is 5.41 Å². The van der Waals surface area contributed by atoms with Crippen LogP contribution in [0.2, 0.25) is 0 Å². The number of nitrogens with zero attached hydrogens (tertiary/aromatic N) is 1. The van der Waals surface area contributed by atoms with E-state index in [1.807, 2.05) is 30.3 Å². The van der Waals surface area contributed by atoms with Crippen molar-refractivity contribution in [2.45, 2.75) is 19.3 Å². The van der Waals surface area contributed by atoms with Crippen LogP contribution in [0.3, 0.4) is 0 Å². The van der Waals surface area contributed by atoms with Crippen molar-refractivity contribution in [1.82, 2.24) is 0 Å². The summed E-state index contributed by atoms with van der Waals surface area (Å²) in [5.41, 5.74) is 10.7. The van der Waals surface area contributed by atoms with Crippen LogP contribution in [0.5, 0.6) is 23.0 Å². The van der Waals surface area contributed by atoms with Gasteiger partial charge < -0.3 is 14.4 Å². The highest BCUT2D eigenvalue weighted by Crippen LogP contribution is 2.55. The molecule has 0 bridgehead atoms. The zero-order valence-corrected chi connectivity index (χ0v) is 25.7. The molecule has 46 heavy (non-hydrogen) atoms. The van der Waals surface area contributed by atoms with Crippen molar-refractivity contribution in [2.24, 2.45) is 0 Å². The summed E-state index contributed by atoms with van der Waals surface area (Å²) in [6.45, 7) is 4.65. The molecule has 220 valence electrons. The molecule has 7 aromatic carbocycles. The number of rotatable bonds is 4. The maximum absolute atomic E-state index is 6.64. The lowest BCUT2D eigenvalue weighted by atomic mass is 9.82. The van der Waals surface area contributed by atoms with Gasteiger partial charge in [-0.15, -0.1) is 0 Å². The summed E-state index contributed by atoms with van der Waals surface area (Å²) in [5.74, 6) is 2.96. The van der Waals surface area contributed by atoms with Crippen molar-refractivity contribution in [2.75, 3.05) is 4.90 Å². The summed E-state index contributed by atoms with van der Waals surface area (Å²) >= 11 is 0. The third kappa shape index (κ3) is 4.05. The van der Waals surface area contributed by atoms with E-state index in [2.05, 4.69) is 140 Å². The molecule has 0 unspecified atom stereocenters. The maximum Gasteiger partial charge on any atom is 0.172 e. The molecule has 2 aliphatic rings. The SMILES string of the molecule is CC1(C)c2ccccc2-c2c(N(c3ccc(-c4ccccc4)cc3)c3ccc4c(c3)Oc3cccc5cccc(c35)O4)cccc21. The van der Waals surface area contributed by atoms with Gasteiger partial charge in [0.15, 0.2) is 11.5 Å². The first-order chi connectivity index (χ1) is 22.6. The number of anilines is 3. The van der Waals surface area contributed by atoms with Gasteiger partial charge in [-0.25, -0.2) is 0 Å². The molecule has 7 aromatic rings. The molecule has 0 N–H and O–H groups in total. The average Bonchev–Trinajstić information content (AvgIpc) is 3.21. The van der Waals surface area contributed by atoms with E-state index in [0.29, 0.717) is 11.5 Å². The van der Waals surface area contributed by atoms with E-state index < -0.39 is 0 Å². The van der Waals surface area contributed by atoms with Crippen LogP contribution in [0.1, 0.15) is 25.0 Å². The monoisotopic (exact) mass is 593 g/mol. The number of hydrogen-bond donors (Lipinski definition) is 0.